The summed E-state index contributed by atoms with van der Waals surface area (Å²) in [5.41, 5.74) is 1.09. The van der Waals surface area contributed by atoms with Crippen LogP contribution in [0.3, 0.4) is 0 Å². The second-order valence-electron chi connectivity index (χ2n) is 5.71. The van der Waals surface area contributed by atoms with E-state index < -0.39 is 10.0 Å². The third-order valence-electron chi connectivity index (χ3n) is 4.21. The average molecular weight is 296 g/mol. The van der Waals surface area contributed by atoms with Gasteiger partial charge in [-0.3, -0.25) is 0 Å². The molecule has 3 N–H and O–H groups in total. The fourth-order valence-corrected chi connectivity index (χ4v) is 3.42. The second-order valence-corrected chi connectivity index (χ2v) is 7.27. The zero-order chi connectivity index (χ0) is 14.6. The number of sulfonamides is 1. The molecule has 112 valence electrons. The number of primary sulfonamides is 1. The van der Waals surface area contributed by atoms with Crippen molar-refractivity contribution in [1.29, 1.82) is 0 Å². The molecule has 20 heavy (non-hydrogen) atoms. The first-order valence-electron chi connectivity index (χ1n) is 7.34. The average Bonchev–Trinajstić information content (AvgIpc) is 2.45. The van der Waals surface area contributed by atoms with E-state index in [0.29, 0.717) is 6.04 Å². The van der Waals surface area contributed by atoms with Crippen LogP contribution in [0.4, 0.5) is 0 Å². The molecule has 0 spiro atoms. The molecule has 5 heteroatoms. The molecule has 1 aliphatic rings. The molecular formula is C15H24N2O2S. The van der Waals surface area contributed by atoms with Crippen LogP contribution in [0.5, 0.6) is 0 Å². The number of nitrogens with one attached hydrogen (secondary N) is 1. The van der Waals surface area contributed by atoms with Crippen molar-refractivity contribution in [3.05, 3.63) is 29.8 Å². The van der Waals surface area contributed by atoms with E-state index in [1.54, 1.807) is 12.1 Å². The van der Waals surface area contributed by atoms with Crippen molar-refractivity contribution < 1.29 is 8.42 Å². The molecule has 1 aliphatic carbocycles. The van der Waals surface area contributed by atoms with Gasteiger partial charge < -0.3 is 5.32 Å². The number of rotatable bonds is 5. The fourth-order valence-electron chi connectivity index (χ4n) is 2.91. The SMILES string of the molecule is CCC1CCCC(NCc2ccc(S(N)(=O)=O)cc2)C1. The molecule has 0 radical (unpaired) electrons. The van der Waals surface area contributed by atoms with E-state index in [0.717, 1.165) is 18.0 Å². The van der Waals surface area contributed by atoms with E-state index >= 15 is 0 Å². The summed E-state index contributed by atoms with van der Waals surface area (Å²) in [4.78, 5) is 0.171. The van der Waals surface area contributed by atoms with E-state index in [1.807, 2.05) is 12.1 Å². The number of hydrogen-bond acceptors (Lipinski definition) is 3. The summed E-state index contributed by atoms with van der Waals surface area (Å²) >= 11 is 0. The van der Waals surface area contributed by atoms with Gasteiger partial charge in [0.2, 0.25) is 10.0 Å². The Bertz CT molecular complexity index is 525. The fraction of sp³-hybridized carbons (Fsp3) is 0.600. The van der Waals surface area contributed by atoms with Crippen LogP contribution in [0, 0.1) is 5.92 Å². The Morgan fingerprint density at radius 2 is 1.95 bits per heavy atom. The Labute approximate surface area is 121 Å². The Morgan fingerprint density at radius 1 is 1.25 bits per heavy atom. The lowest BCUT2D eigenvalue weighted by molar-refractivity contribution is 0.278. The molecule has 2 unspecified atom stereocenters. The Balaban J connectivity index is 1.88. The maximum Gasteiger partial charge on any atom is 0.238 e. The van der Waals surface area contributed by atoms with Crippen molar-refractivity contribution in [2.45, 2.75) is 56.5 Å². The summed E-state index contributed by atoms with van der Waals surface area (Å²) < 4.78 is 22.4. The van der Waals surface area contributed by atoms with Gasteiger partial charge >= 0.3 is 0 Å². The molecule has 1 aromatic carbocycles. The minimum absolute atomic E-state index is 0.171. The smallest absolute Gasteiger partial charge is 0.238 e. The lowest BCUT2D eigenvalue weighted by Crippen LogP contribution is -2.33. The minimum atomic E-state index is -3.59. The number of hydrogen-bond donors (Lipinski definition) is 2. The van der Waals surface area contributed by atoms with Crippen LogP contribution in [0.1, 0.15) is 44.6 Å². The summed E-state index contributed by atoms with van der Waals surface area (Å²) in [6.45, 7) is 3.05. The Morgan fingerprint density at radius 3 is 2.55 bits per heavy atom. The van der Waals surface area contributed by atoms with Gasteiger partial charge in [0.05, 0.1) is 4.90 Å². The highest BCUT2D eigenvalue weighted by Gasteiger charge is 2.20. The maximum absolute atomic E-state index is 11.2. The molecule has 0 bridgehead atoms. The van der Waals surface area contributed by atoms with Gasteiger partial charge in [-0.1, -0.05) is 38.3 Å². The zero-order valence-corrected chi connectivity index (χ0v) is 12.8. The van der Waals surface area contributed by atoms with Crippen molar-refractivity contribution >= 4 is 10.0 Å². The second kappa shape index (κ2) is 6.70. The van der Waals surface area contributed by atoms with Crippen LogP contribution in [0.15, 0.2) is 29.2 Å². The quantitative estimate of drug-likeness (QED) is 0.876. The lowest BCUT2D eigenvalue weighted by Gasteiger charge is -2.29. The molecule has 0 aromatic heterocycles. The van der Waals surface area contributed by atoms with Crippen molar-refractivity contribution in [3.8, 4) is 0 Å². The summed E-state index contributed by atoms with van der Waals surface area (Å²) in [5.74, 6) is 0.853. The van der Waals surface area contributed by atoms with E-state index in [1.165, 1.54) is 32.1 Å². The third kappa shape index (κ3) is 4.30. The summed E-state index contributed by atoms with van der Waals surface area (Å²) in [6, 6.07) is 7.38. The van der Waals surface area contributed by atoms with Gasteiger partial charge in [-0.2, -0.15) is 0 Å². The topological polar surface area (TPSA) is 72.2 Å². The van der Waals surface area contributed by atoms with Crippen molar-refractivity contribution in [2.75, 3.05) is 0 Å². The minimum Gasteiger partial charge on any atom is -0.310 e. The summed E-state index contributed by atoms with van der Waals surface area (Å²) in [5, 5.41) is 8.66. The predicted molar refractivity (Wildman–Crippen MR) is 80.7 cm³/mol. The standard InChI is InChI=1S/C15H24N2O2S/c1-2-12-4-3-5-14(10-12)17-11-13-6-8-15(9-7-13)20(16,18)19/h6-9,12,14,17H,2-5,10-11H2,1H3,(H2,16,18,19). The van der Waals surface area contributed by atoms with Crippen LogP contribution in [-0.2, 0) is 16.6 Å². The highest BCUT2D eigenvalue weighted by Crippen LogP contribution is 2.26. The van der Waals surface area contributed by atoms with Crippen molar-refractivity contribution in [1.82, 2.24) is 5.32 Å². The predicted octanol–water partition coefficient (Wildman–Crippen LogP) is 2.39. The van der Waals surface area contributed by atoms with Crippen LogP contribution in [0.2, 0.25) is 0 Å². The van der Waals surface area contributed by atoms with Crippen LogP contribution in [0.25, 0.3) is 0 Å². The van der Waals surface area contributed by atoms with E-state index in [4.69, 9.17) is 5.14 Å². The number of nitrogens with two attached hydrogens (primary N) is 1. The van der Waals surface area contributed by atoms with E-state index in [-0.39, 0.29) is 4.90 Å². The van der Waals surface area contributed by atoms with Crippen LogP contribution >= 0.6 is 0 Å². The van der Waals surface area contributed by atoms with Crippen LogP contribution in [-0.4, -0.2) is 14.5 Å². The highest BCUT2D eigenvalue weighted by atomic mass is 32.2. The normalized spacial score (nSPS) is 23.7. The Kier molecular flexibility index (Phi) is 5.18. The molecule has 1 saturated carbocycles. The first-order chi connectivity index (χ1) is 9.49. The molecule has 2 rings (SSSR count). The first-order valence-corrected chi connectivity index (χ1v) is 8.88. The zero-order valence-electron chi connectivity index (χ0n) is 12.0. The van der Waals surface area contributed by atoms with Gasteiger partial charge in [0.1, 0.15) is 0 Å². The van der Waals surface area contributed by atoms with Gasteiger partial charge in [0.15, 0.2) is 0 Å². The largest absolute Gasteiger partial charge is 0.310 e. The van der Waals surface area contributed by atoms with Gasteiger partial charge in [-0.15, -0.1) is 0 Å². The summed E-state index contributed by atoms with van der Waals surface area (Å²) in [6.07, 6.45) is 6.43. The molecule has 0 amide bonds. The Hall–Kier alpha value is -0.910. The first kappa shape index (κ1) is 15.5. The third-order valence-corrected chi connectivity index (χ3v) is 5.14. The number of benzene rings is 1. The molecule has 0 heterocycles. The van der Waals surface area contributed by atoms with Crippen LogP contribution < -0.4 is 10.5 Å². The van der Waals surface area contributed by atoms with Gasteiger partial charge in [-0.25, -0.2) is 13.6 Å². The van der Waals surface area contributed by atoms with Gasteiger partial charge in [0, 0.05) is 12.6 Å². The van der Waals surface area contributed by atoms with Gasteiger partial charge in [0.25, 0.3) is 0 Å². The monoisotopic (exact) mass is 296 g/mol. The van der Waals surface area contributed by atoms with E-state index in [9.17, 15) is 8.42 Å². The maximum atomic E-state index is 11.2. The molecular weight excluding hydrogens is 272 g/mol. The molecule has 0 saturated heterocycles. The summed E-state index contributed by atoms with van der Waals surface area (Å²) in [7, 11) is -3.59. The molecule has 2 atom stereocenters. The van der Waals surface area contributed by atoms with Crippen molar-refractivity contribution in [2.24, 2.45) is 11.1 Å². The van der Waals surface area contributed by atoms with Crippen molar-refractivity contribution in [3.63, 3.8) is 0 Å². The lowest BCUT2D eigenvalue weighted by atomic mass is 9.84. The molecule has 1 fully saturated rings. The molecule has 1 aromatic rings. The molecule has 0 aliphatic heterocycles. The van der Waals surface area contributed by atoms with Gasteiger partial charge in [-0.05, 0) is 36.5 Å². The highest BCUT2D eigenvalue weighted by molar-refractivity contribution is 7.89. The molecule has 4 nitrogen and oxygen atoms in total. The van der Waals surface area contributed by atoms with E-state index in [2.05, 4.69) is 12.2 Å².